The first-order chi connectivity index (χ1) is 8.12. The second kappa shape index (κ2) is 6.20. The number of aromatic nitrogens is 1. The number of aryl methyl sites for hydroxylation is 1. The van der Waals surface area contributed by atoms with E-state index in [1.165, 1.54) is 0 Å². The Kier molecular flexibility index (Phi) is 4.90. The van der Waals surface area contributed by atoms with Crippen LogP contribution in [-0.2, 0) is 6.42 Å². The van der Waals surface area contributed by atoms with Crippen LogP contribution in [0.1, 0.15) is 29.9 Å². The number of hydrogen-bond acceptors (Lipinski definition) is 4. The van der Waals surface area contributed by atoms with Crippen LogP contribution in [0.2, 0.25) is 0 Å². The molecule has 0 aliphatic rings. The molecule has 0 aliphatic heterocycles. The summed E-state index contributed by atoms with van der Waals surface area (Å²) in [5.74, 6) is -0.346. The van der Waals surface area contributed by atoms with E-state index in [4.69, 9.17) is 10.2 Å². The molecule has 0 saturated carbocycles. The summed E-state index contributed by atoms with van der Waals surface area (Å²) in [4.78, 5) is 17.2. The molecule has 1 heterocycles. The van der Waals surface area contributed by atoms with Crippen LogP contribution < -0.4 is 4.90 Å². The lowest BCUT2D eigenvalue weighted by Gasteiger charge is -2.21. The largest absolute Gasteiger partial charge is 0.478 e. The van der Waals surface area contributed by atoms with E-state index in [1.807, 2.05) is 18.7 Å². The maximum atomic E-state index is 11.0. The summed E-state index contributed by atoms with van der Waals surface area (Å²) in [6, 6.07) is 3.12. The summed E-state index contributed by atoms with van der Waals surface area (Å²) in [5, 5.41) is 18.0. The zero-order valence-corrected chi connectivity index (χ0v) is 10.2. The van der Waals surface area contributed by atoms with Crippen molar-refractivity contribution in [3.8, 4) is 0 Å². The number of aliphatic hydroxyl groups excluding tert-OH is 1. The minimum atomic E-state index is -0.955. The summed E-state index contributed by atoms with van der Waals surface area (Å²) in [6.45, 7) is 5.03. The van der Waals surface area contributed by atoms with Crippen molar-refractivity contribution in [1.29, 1.82) is 0 Å². The predicted molar refractivity (Wildman–Crippen MR) is 65.5 cm³/mol. The highest BCUT2D eigenvalue weighted by atomic mass is 16.4. The number of carboxylic acid groups (broad SMARTS) is 1. The molecule has 0 unspecified atom stereocenters. The van der Waals surface area contributed by atoms with E-state index >= 15 is 0 Å². The van der Waals surface area contributed by atoms with Gasteiger partial charge < -0.3 is 15.1 Å². The quantitative estimate of drug-likeness (QED) is 0.778. The van der Waals surface area contributed by atoms with Gasteiger partial charge in [-0.2, -0.15) is 0 Å². The van der Waals surface area contributed by atoms with Gasteiger partial charge in [-0.15, -0.1) is 0 Å². The number of aliphatic hydroxyl groups is 1. The standard InChI is InChI=1S/C12H18N2O3/c1-3-10-7-9(12(16)17)8-11(13-10)14(4-2)5-6-15/h7-8,15H,3-6H2,1-2H3,(H,16,17). The van der Waals surface area contributed by atoms with Crippen LogP contribution in [0.15, 0.2) is 12.1 Å². The lowest BCUT2D eigenvalue weighted by molar-refractivity contribution is 0.0696. The maximum absolute atomic E-state index is 11.0. The second-order valence-electron chi connectivity index (χ2n) is 3.67. The molecule has 0 spiro atoms. The Morgan fingerprint density at radius 1 is 1.41 bits per heavy atom. The van der Waals surface area contributed by atoms with Gasteiger partial charge in [0.1, 0.15) is 5.82 Å². The number of rotatable bonds is 6. The monoisotopic (exact) mass is 238 g/mol. The van der Waals surface area contributed by atoms with Crippen molar-refractivity contribution < 1.29 is 15.0 Å². The third-order valence-electron chi connectivity index (χ3n) is 2.55. The van der Waals surface area contributed by atoms with Crippen LogP contribution in [0, 0.1) is 0 Å². The first kappa shape index (κ1) is 13.4. The van der Waals surface area contributed by atoms with Gasteiger partial charge in [0.2, 0.25) is 0 Å². The Labute approximate surface area is 101 Å². The average Bonchev–Trinajstić information content (AvgIpc) is 2.35. The molecule has 5 heteroatoms. The highest BCUT2D eigenvalue weighted by Gasteiger charge is 2.11. The molecule has 0 bridgehead atoms. The van der Waals surface area contributed by atoms with Crippen LogP contribution in [-0.4, -0.2) is 40.9 Å². The lowest BCUT2D eigenvalue weighted by atomic mass is 10.2. The summed E-state index contributed by atoms with van der Waals surface area (Å²) >= 11 is 0. The van der Waals surface area contributed by atoms with E-state index in [9.17, 15) is 4.79 Å². The van der Waals surface area contributed by atoms with Crippen molar-refractivity contribution in [2.75, 3.05) is 24.6 Å². The van der Waals surface area contributed by atoms with Gasteiger partial charge in [0.15, 0.2) is 0 Å². The van der Waals surface area contributed by atoms with Gasteiger partial charge in [0.05, 0.1) is 12.2 Å². The highest BCUT2D eigenvalue weighted by Crippen LogP contribution is 2.15. The molecule has 0 amide bonds. The summed E-state index contributed by atoms with van der Waals surface area (Å²) in [6.07, 6.45) is 0.685. The minimum Gasteiger partial charge on any atom is -0.478 e. The molecule has 17 heavy (non-hydrogen) atoms. The highest BCUT2D eigenvalue weighted by molar-refractivity contribution is 5.88. The normalized spacial score (nSPS) is 10.3. The number of hydrogen-bond donors (Lipinski definition) is 2. The fraction of sp³-hybridized carbons (Fsp3) is 0.500. The van der Waals surface area contributed by atoms with Gasteiger partial charge >= 0.3 is 5.97 Å². The van der Waals surface area contributed by atoms with E-state index in [-0.39, 0.29) is 12.2 Å². The Morgan fingerprint density at radius 3 is 2.59 bits per heavy atom. The Morgan fingerprint density at radius 2 is 2.12 bits per heavy atom. The number of anilines is 1. The van der Waals surface area contributed by atoms with Crippen LogP contribution in [0.3, 0.4) is 0 Å². The van der Waals surface area contributed by atoms with Crippen molar-refractivity contribution in [1.82, 2.24) is 4.98 Å². The van der Waals surface area contributed by atoms with E-state index < -0.39 is 5.97 Å². The Bertz CT molecular complexity index is 393. The van der Waals surface area contributed by atoms with Gasteiger partial charge in [-0.25, -0.2) is 9.78 Å². The molecule has 0 fully saturated rings. The first-order valence-corrected chi connectivity index (χ1v) is 5.72. The fourth-order valence-electron chi connectivity index (χ4n) is 1.59. The second-order valence-corrected chi connectivity index (χ2v) is 3.67. The first-order valence-electron chi connectivity index (χ1n) is 5.72. The molecule has 0 aliphatic carbocycles. The number of carbonyl (C=O) groups is 1. The zero-order valence-electron chi connectivity index (χ0n) is 10.2. The number of pyridine rings is 1. The molecule has 1 aromatic rings. The average molecular weight is 238 g/mol. The zero-order chi connectivity index (χ0) is 12.8. The number of nitrogens with zero attached hydrogens (tertiary/aromatic N) is 2. The maximum Gasteiger partial charge on any atom is 0.335 e. The van der Waals surface area contributed by atoms with Crippen LogP contribution in [0.25, 0.3) is 0 Å². The van der Waals surface area contributed by atoms with E-state index in [2.05, 4.69) is 4.98 Å². The SMILES string of the molecule is CCc1cc(C(=O)O)cc(N(CC)CCO)n1. The lowest BCUT2D eigenvalue weighted by Crippen LogP contribution is -2.27. The van der Waals surface area contributed by atoms with Crippen molar-refractivity contribution in [3.05, 3.63) is 23.4 Å². The van der Waals surface area contributed by atoms with E-state index in [0.717, 1.165) is 5.69 Å². The van der Waals surface area contributed by atoms with E-state index in [0.29, 0.717) is 25.3 Å². The molecule has 94 valence electrons. The number of likely N-dealkylation sites (N-methyl/N-ethyl adjacent to an activating group) is 1. The molecule has 1 rings (SSSR count). The third kappa shape index (κ3) is 3.42. The van der Waals surface area contributed by atoms with Crippen molar-refractivity contribution >= 4 is 11.8 Å². The topological polar surface area (TPSA) is 73.7 Å². The minimum absolute atomic E-state index is 0.0221. The molecule has 0 atom stereocenters. The van der Waals surface area contributed by atoms with Crippen LogP contribution >= 0.6 is 0 Å². The predicted octanol–water partition coefficient (Wildman–Crippen LogP) is 1.16. The summed E-state index contributed by atoms with van der Waals surface area (Å²) < 4.78 is 0. The van der Waals surface area contributed by atoms with Gasteiger partial charge in [-0.05, 0) is 25.5 Å². The molecule has 0 aromatic carbocycles. The molecular weight excluding hydrogens is 220 g/mol. The smallest absolute Gasteiger partial charge is 0.335 e. The van der Waals surface area contributed by atoms with Crippen molar-refractivity contribution in [2.45, 2.75) is 20.3 Å². The Hall–Kier alpha value is -1.62. The number of carboxylic acids is 1. The fourth-order valence-corrected chi connectivity index (χ4v) is 1.59. The van der Waals surface area contributed by atoms with E-state index in [1.54, 1.807) is 12.1 Å². The molecule has 5 nitrogen and oxygen atoms in total. The van der Waals surface area contributed by atoms with Crippen LogP contribution in [0.5, 0.6) is 0 Å². The third-order valence-corrected chi connectivity index (χ3v) is 2.55. The molecule has 2 N–H and O–H groups in total. The van der Waals surface area contributed by atoms with Gasteiger partial charge in [-0.1, -0.05) is 6.92 Å². The summed E-state index contributed by atoms with van der Waals surface area (Å²) in [7, 11) is 0. The molecular formula is C12H18N2O3. The molecule has 1 aromatic heterocycles. The number of aromatic carboxylic acids is 1. The molecule has 0 radical (unpaired) electrons. The van der Waals surface area contributed by atoms with Crippen molar-refractivity contribution in [3.63, 3.8) is 0 Å². The van der Waals surface area contributed by atoms with Crippen molar-refractivity contribution in [2.24, 2.45) is 0 Å². The van der Waals surface area contributed by atoms with Gasteiger partial charge in [0, 0.05) is 18.8 Å². The van der Waals surface area contributed by atoms with Gasteiger partial charge in [0.25, 0.3) is 0 Å². The van der Waals surface area contributed by atoms with Crippen LogP contribution in [0.4, 0.5) is 5.82 Å². The van der Waals surface area contributed by atoms with Gasteiger partial charge in [-0.3, -0.25) is 0 Å². The summed E-state index contributed by atoms with van der Waals surface area (Å²) in [5.41, 5.74) is 0.986. The Balaban J connectivity index is 3.12. The molecule has 0 saturated heterocycles.